The van der Waals surface area contributed by atoms with E-state index >= 15 is 0 Å². The van der Waals surface area contributed by atoms with Gasteiger partial charge < -0.3 is 5.11 Å². The van der Waals surface area contributed by atoms with Crippen LogP contribution in [0.15, 0.2) is 47.4 Å². The summed E-state index contributed by atoms with van der Waals surface area (Å²) in [6.07, 6.45) is 1.68. The van der Waals surface area contributed by atoms with Gasteiger partial charge in [0.1, 0.15) is 11.6 Å². The molecule has 1 aliphatic heterocycles. The molecule has 2 aromatic carbocycles. The Hall–Kier alpha value is -1.89. The predicted octanol–water partition coefficient (Wildman–Crippen LogP) is 4.59. The molecule has 0 spiro atoms. The molecule has 7 heteroatoms. The van der Waals surface area contributed by atoms with Crippen LogP contribution in [0.5, 0.6) is 5.75 Å². The van der Waals surface area contributed by atoms with Crippen molar-refractivity contribution in [2.45, 2.75) is 0 Å². The maximum Gasteiger partial charge on any atom is 0.270 e. The highest BCUT2D eigenvalue weighted by Gasteiger charge is 2.33. The highest BCUT2D eigenvalue weighted by atomic mass is 35.5. The molecule has 1 heterocycles. The predicted molar refractivity (Wildman–Crippen MR) is 95.2 cm³/mol. The molecular formula is C16H9ClFNO2S2. The third-order valence-corrected chi connectivity index (χ3v) is 4.74. The van der Waals surface area contributed by atoms with Gasteiger partial charge in [-0.3, -0.25) is 9.69 Å². The van der Waals surface area contributed by atoms with Crippen LogP contribution >= 0.6 is 35.6 Å². The fourth-order valence-corrected chi connectivity index (χ4v) is 3.51. The zero-order valence-electron chi connectivity index (χ0n) is 11.5. The summed E-state index contributed by atoms with van der Waals surface area (Å²) < 4.78 is 13.6. The lowest BCUT2D eigenvalue weighted by Crippen LogP contribution is -2.27. The normalized spacial score (nSPS) is 16.4. The molecule has 116 valence electrons. The van der Waals surface area contributed by atoms with Crippen LogP contribution in [0.25, 0.3) is 6.08 Å². The summed E-state index contributed by atoms with van der Waals surface area (Å²) in [5, 5.41) is 9.22. The van der Waals surface area contributed by atoms with E-state index in [4.69, 9.17) is 23.8 Å². The van der Waals surface area contributed by atoms with Gasteiger partial charge in [-0.1, -0.05) is 47.7 Å². The number of anilines is 1. The van der Waals surface area contributed by atoms with Crippen LogP contribution in [0.2, 0.25) is 5.02 Å². The van der Waals surface area contributed by atoms with Gasteiger partial charge in [-0.2, -0.15) is 0 Å². The van der Waals surface area contributed by atoms with E-state index in [0.29, 0.717) is 14.9 Å². The zero-order valence-corrected chi connectivity index (χ0v) is 13.9. The lowest BCUT2D eigenvalue weighted by molar-refractivity contribution is -0.113. The van der Waals surface area contributed by atoms with Crippen molar-refractivity contribution in [3.05, 3.63) is 63.8 Å². The Labute approximate surface area is 146 Å². The molecule has 0 radical (unpaired) electrons. The van der Waals surface area contributed by atoms with Crippen LogP contribution in [-0.2, 0) is 4.79 Å². The van der Waals surface area contributed by atoms with Crippen molar-refractivity contribution < 1.29 is 14.3 Å². The minimum atomic E-state index is -0.555. The van der Waals surface area contributed by atoms with Crippen molar-refractivity contribution in [1.82, 2.24) is 0 Å². The summed E-state index contributed by atoms with van der Waals surface area (Å²) >= 11 is 12.2. The van der Waals surface area contributed by atoms with Crippen molar-refractivity contribution >= 4 is 57.6 Å². The van der Waals surface area contributed by atoms with E-state index < -0.39 is 5.82 Å². The number of amides is 1. The van der Waals surface area contributed by atoms with Gasteiger partial charge in [0.05, 0.1) is 15.6 Å². The van der Waals surface area contributed by atoms with Gasteiger partial charge in [0.15, 0.2) is 4.32 Å². The van der Waals surface area contributed by atoms with E-state index in [-0.39, 0.29) is 16.7 Å². The third kappa shape index (κ3) is 3.24. The Morgan fingerprint density at radius 2 is 1.91 bits per heavy atom. The number of phenols is 1. The molecule has 23 heavy (non-hydrogen) atoms. The SMILES string of the molecule is O=C1/C(=C\c2ccc(O)cc2)SC(=S)N1c1ccc(F)c(Cl)c1. The number of carbonyl (C=O) groups excluding carboxylic acids is 1. The van der Waals surface area contributed by atoms with Crippen molar-refractivity contribution in [2.24, 2.45) is 0 Å². The topological polar surface area (TPSA) is 40.5 Å². The van der Waals surface area contributed by atoms with Crippen molar-refractivity contribution in [1.29, 1.82) is 0 Å². The van der Waals surface area contributed by atoms with Gasteiger partial charge >= 0.3 is 0 Å². The Balaban J connectivity index is 1.93. The molecule has 2 aromatic rings. The Kier molecular flexibility index (Phi) is 4.39. The summed E-state index contributed by atoms with van der Waals surface area (Å²) in [6.45, 7) is 0. The number of phenolic OH excluding ortho intramolecular Hbond substituents is 1. The van der Waals surface area contributed by atoms with E-state index in [1.807, 2.05) is 0 Å². The number of rotatable bonds is 2. The van der Waals surface area contributed by atoms with Crippen LogP contribution in [0.1, 0.15) is 5.56 Å². The molecule has 3 nitrogen and oxygen atoms in total. The van der Waals surface area contributed by atoms with E-state index in [2.05, 4.69) is 0 Å². The van der Waals surface area contributed by atoms with Crippen LogP contribution < -0.4 is 4.90 Å². The summed E-state index contributed by atoms with van der Waals surface area (Å²) in [5.74, 6) is -0.702. The number of hydrogen-bond acceptors (Lipinski definition) is 4. The van der Waals surface area contributed by atoms with Gasteiger partial charge in [0, 0.05) is 0 Å². The quantitative estimate of drug-likeness (QED) is 0.624. The first-order valence-electron chi connectivity index (χ1n) is 6.48. The zero-order chi connectivity index (χ0) is 16.6. The number of thiocarbonyl (C=S) groups is 1. The monoisotopic (exact) mass is 365 g/mol. The maximum atomic E-state index is 13.3. The molecule has 0 unspecified atom stereocenters. The number of carbonyl (C=O) groups is 1. The minimum Gasteiger partial charge on any atom is -0.508 e. The second-order valence-corrected chi connectivity index (χ2v) is 6.79. The molecule has 3 rings (SSSR count). The maximum absolute atomic E-state index is 13.3. The molecule has 0 aliphatic carbocycles. The molecule has 1 fully saturated rings. The van der Waals surface area contributed by atoms with Crippen molar-refractivity contribution in [3.8, 4) is 5.75 Å². The number of thioether (sulfide) groups is 1. The van der Waals surface area contributed by atoms with Gasteiger partial charge in [0.2, 0.25) is 0 Å². The van der Waals surface area contributed by atoms with Crippen LogP contribution in [0.3, 0.4) is 0 Å². The van der Waals surface area contributed by atoms with E-state index in [9.17, 15) is 14.3 Å². The third-order valence-electron chi connectivity index (χ3n) is 3.15. The summed E-state index contributed by atoms with van der Waals surface area (Å²) in [4.78, 5) is 14.3. The first kappa shape index (κ1) is 16.0. The van der Waals surface area contributed by atoms with Gasteiger partial charge in [-0.25, -0.2) is 4.39 Å². The number of hydrogen-bond donors (Lipinski definition) is 1. The molecule has 0 aromatic heterocycles. The van der Waals surface area contributed by atoms with E-state index in [1.165, 1.54) is 35.2 Å². The highest BCUT2D eigenvalue weighted by Crippen LogP contribution is 2.37. The van der Waals surface area contributed by atoms with E-state index in [0.717, 1.165) is 17.3 Å². The standard InChI is InChI=1S/C16H9ClFNO2S2/c17-12-8-10(3-6-13(12)18)19-15(21)14(23-16(19)22)7-9-1-4-11(20)5-2-9/h1-8,20H/b14-7+. The molecule has 1 aliphatic rings. The Morgan fingerprint density at radius 3 is 2.57 bits per heavy atom. The Bertz CT molecular complexity index is 836. The smallest absolute Gasteiger partial charge is 0.270 e. The summed E-state index contributed by atoms with van der Waals surface area (Å²) in [5.41, 5.74) is 1.19. The van der Waals surface area contributed by atoms with Gasteiger partial charge in [0.25, 0.3) is 5.91 Å². The van der Waals surface area contributed by atoms with Crippen LogP contribution in [-0.4, -0.2) is 15.3 Å². The second-order valence-electron chi connectivity index (χ2n) is 4.71. The first-order valence-corrected chi connectivity index (χ1v) is 8.08. The fraction of sp³-hybridized carbons (Fsp3) is 0. The second kappa shape index (κ2) is 6.31. The molecule has 1 amide bonds. The number of halogens is 2. The van der Waals surface area contributed by atoms with Crippen molar-refractivity contribution in [3.63, 3.8) is 0 Å². The molecule has 1 N–H and O–H groups in total. The lowest BCUT2D eigenvalue weighted by atomic mass is 10.2. The largest absolute Gasteiger partial charge is 0.508 e. The molecule has 0 bridgehead atoms. The molecular weight excluding hydrogens is 357 g/mol. The summed E-state index contributed by atoms with van der Waals surface area (Å²) in [7, 11) is 0. The number of aromatic hydroxyl groups is 1. The number of benzene rings is 2. The number of nitrogens with zero attached hydrogens (tertiary/aromatic N) is 1. The van der Waals surface area contributed by atoms with E-state index in [1.54, 1.807) is 18.2 Å². The van der Waals surface area contributed by atoms with Crippen LogP contribution in [0, 0.1) is 5.82 Å². The molecule has 0 atom stereocenters. The molecule has 0 saturated carbocycles. The highest BCUT2D eigenvalue weighted by molar-refractivity contribution is 8.27. The average Bonchev–Trinajstić information content (AvgIpc) is 2.79. The Morgan fingerprint density at radius 1 is 1.22 bits per heavy atom. The minimum absolute atomic E-state index is 0.0703. The fourth-order valence-electron chi connectivity index (χ4n) is 2.04. The van der Waals surface area contributed by atoms with Crippen LogP contribution in [0.4, 0.5) is 10.1 Å². The lowest BCUT2D eigenvalue weighted by Gasteiger charge is -2.14. The summed E-state index contributed by atoms with van der Waals surface area (Å²) in [6, 6.07) is 10.5. The van der Waals surface area contributed by atoms with Gasteiger partial charge in [-0.05, 0) is 42.0 Å². The first-order chi connectivity index (χ1) is 11.0. The van der Waals surface area contributed by atoms with Gasteiger partial charge in [-0.15, -0.1) is 0 Å². The molecule has 1 saturated heterocycles. The average molecular weight is 366 g/mol. The van der Waals surface area contributed by atoms with Crippen molar-refractivity contribution in [2.75, 3.05) is 4.90 Å².